The van der Waals surface area contributed by atoms with Crippen LogP contribution in [0.25, 0.3) is 0 Å². The average molecular weight is 379 g/mol. The highest BCUT2D eigenvalue weighted by atomic mass is 127. The second-order valence-corrected chi connectivity index (χ2v) is 8.10. The summed E-state index contributed by atoms with van der Waals surface area (Å²) in [5, 5.41) is 3.41. The number of carbonyl (C=O) groups is 1. The zero-order valence-electron chi connectivity index (χ0n) is 12.1. The van der Waals surface area contributed by atoms with E-state index in [1.807, 2.05) is 6.92 Å². The van der Waals surface area contributed by atoms with Gasteiger partial charge in [0.2, 0.25) is 0 Å². The van der Waals surface area contributed by atoms with Gasteiger partial charge in [0.25, 0.3) is 0 Å². The van der Waals surface area contributed by atoms with Crippen molar-refractivity contribution in [3.05, 3.63) is 0 Å². The predicted octanol–water partition coefficient (Wildman–Crippen LogP) is 3.30. The molecule has 4 heteroatoms. The molecule has 1 aliphatic carbocycles. The number of rotatable bonds is 4. The number of halogens is 1. The number of esters is 1. The molecule has 110 valence electrons. The van der Waals surface area contributed by atoms with Crippen molar-refractivity contribution < 1.29 is 9.53 Å². The third kappa shape index (κ3) is 3.63. The van der Waals surface area contributed by atoms with E-state index in [1.165, 1.54) is 25.7 Å². The summed E-state index contributed by atoms with van der Waals surface area (Å²) in [5.74, 6) is 1.05. The van der Waals surface area contributed by atoms with Gasteiger partial charge in [0.1, 0.15) is 9.53 Å². The van der Waals surface area contributed by atoms with Gasteiger partial charge >= 0.3 is 5.97 Å². The van der Waals surface area contributed by atoms with Gasteiger partial charge in [0, 0.05) is 5.92 Å². The molecule has 0 aromatic carbocycles. The summed E-state index contributed by atoms with van der Waals surface area (Å²) in [7, 11) is 0. The van der Waals surface area contributed by atoms with E-state index in [0.717, 1.165) is 25.9 Å². The Balaban J connectivity index is 2.13. The van der Waals surface area contributed by atoms with Gasteiger partial charge in [0.15, 0.2) is 0 Å². The monoisotopic (exact) mass is 379 g/mol. The maximum absolute atomic E-state index is 12.1. The van der Waals surface area contributed by atoms with Crippen molar-refractivity contribution in [3.8, 4) is 0 Å². The first-order valence-corrected chi connectivity index (χ1v) is 8.86. The van der Waals surface area contributed by atoms with E-state index in [2.05, 4.69) is 34.8 Å². The molecule has 2 fully saturated rings. The zero-order valence-corrected chi connectivity index (χ0v) is 14.2. The van der Waals surface area contributed by atoms with E-state index in [4.69, 9.17) is 4.74 Å². The molecule has 2 atom stereocenters. The van der Waals surface area contributed by atoms with Crippen LogP contribution in [0.15, 0.2) is 0 Å². The first-order valence-electron chi connectivity index (χ1n) is 7.61. The Morgan fingerprint density at radius 3 is 2.26 bits per heavy atom. The van der Waals surface area contributed by atoms with Gasteiger partial charge in [-0.1, -0.05) is 35.4 Å². The summed E-state index contributed by atoms with van der Waals surface area (Å²) >= 11 is 2.16. The second kappa shape index (κ2) is 6.74. The quantitative estimate of drug-likeness (QED) is 0.463. The normalized spacial score (nSPS) is 26.9. The molecule has 0 radical (unpaired) electrons. The fourth-order valence-electron chi connectivity index (χ4n) is 3.69. The van der Waals surface area contributed by atoms with Gasteiger partial charge in [-0.15, -0.1) is 0 Å². The Hall–Kier alpha value is 0.160. The lowest BCUT2D eigenvalue weighted by Gasteiger charge is -2.44. The molecule has 0 amide bonds. The number of ether oxygens (including phenoxy) is 1. The van der Waals surface area contributed by atoms with E-state index in [-0.39, 0.29) is 15.5 Å². The summed E-state index contributed by atoms with van der Waals surface area (Å²) in [6.45, 7) is 6.24. The minimum absolute atomic E-state index is 0.0338. The molecule has 1 saturated heterocycles. The Kier molecular flexibility index (Phi) is 5.52. The van der Waals surface area contributed by atoms with Crippen LogP contribution in [0.2, 0.25) is 0 Å². The second-order valence-electron chi connectivity index (χ2n) is 6.23. The van der Waals surface area contributed by atoms with Crippen LogP contribution in [0.5, 0.6) is 0 Å². The lowest BCUT2D eigenvalue weighted by molar-refractivity contribution is -0.172. The van der Waals surface area contributed by atoms with Gasteiger partial charge in [0.05, 0.1) is 0 Å². The number of alkyl halides is 1. The average Bonchev–Trinajstić information content (AvgIpc) is 2.94. The van der Waals surface area contributed by atoms with Crippen molar-refractivity contribution in [2.45, 2.75) is 61.9 Å². The SMILES string of the molecule is CC(I)C(=O)OC(C)(C1CCCC1)C1CCNCC1. The molecule has 2 aliphatic rings. The minimum atomic E-state index is -0.241. The van der Waals surface area contributed by atoms with Crippen molar-refractivity contribution in [1.29, 1.82) is 0 Å². The number of carbonyl (C=O) groups excluding carboxylic acids is 1. The van der Waals surface area contributed by atoms with Crippen molar-refractivity contribution in [2.75, 3.05) is 13.1 Å². The summed E-state index contributed by atoms with van der Waals surface area (Å²) in [5.41, 5.74) is -0.241. The molecule has 0 aromatic rings. The van der Waals surface area contributed by atoms with Crippen LogP contribution in [0.3, 0.4) is 0 Å². The predicted molar refractivity (Wildman–Crippen MR) is 85.5 cm³/mol. The molecular weight excluding hydrogens is 353 g/mol. The van der Waals surface area contributed by atoms with Crippen LogP contribution >= 0.6 is 22.6 Å². The zero-order chi connectivity index (χ0) is 13.9. The molecule has 1 heterocycles. The number of hydrogen-bond donors (Lipinski definition) is 1. The first kappa shape index (κ1) is 15.5. The molecule has 3 nitrogen and oxygen atoms in total. The third-order valence-corrected chi connectivity index (χ3v) is 5.47. The van der Waals surface area contributed by atoms with Crippen LogP contribution in [0, 0.1) is 11.8 Å². The number of piperidine rings is 1. The molecule has 0 bridgehead atoms. The summed E-state index contributed by atoms with van der Waals surface area (Å²) in [6.07, 6.45) is 7.31. The van der Waals surface area contributed by atoms with Crippen LogP contribution in [0.1, 0.15) is 52.4 Å². The van der Waals surface area contributed by atoms with Gasteiger partial charge in [-0.05, 0) is 58.5 Å². The fraction of sp³-hybridized carbons (Fsp3) is 0.933. The van der Waals surface area contributed by atoms with E-state index in [1.54, 1.807) is 0 Å². The van der Waals surface area contributed by atoms with Gasteiger partial charge in [-0.25, -0.2) is 0 Å². The van der Waals surface area contributed by atoms with E-state index in [0.29, 0.717) is 11.8 Å². The Morgan fingerprint density at radius 1 is 1.21 bits per heavy atom. The van der Waals surface area contributed by atoms with Crippen LogP contribution in [0.4, 0.5) is 0 Å². The molecule has 0 aromatic heterocycles. The summed E-state index contributed by atoms with van der Waals surface area (Å²) in [4.78, 5) is 12.1. The fourth-order valence-corrected chi connectivity index (χ4v) is 3.82. The Labute approximate surface area is 130 Å². The smallest absolute Gasteiger partial charge is 0.319 e. The maximum atomic E-state index is 12.1. The highest BCUT2D eigenvalue weighted by Crippen LogP contribution is 2.44. The topological polar surface area (TPSA) is 38.3 Å². The highest BCUT2D eigenvalue weighted by molar-refractivity contribution is 14.1. The van der Waals surface area contributed by atoms with Crippen LogP contribution < -0.4 is 5.32 Å². The van der Waals surface area contributed by atoms with Gasteiger partial charge in [-0.3, -0.25) is 4.79 Å². The van der Waals surface area contributed by atoms with E-state index >= 15 is 0 Å². The Bertz CT molecular complexity index is 309. The number of nitrogens with one attached hydrogen (secondary N) is 1. The molecule has 1 saturated carbocycles. The molecule has 1 aliphatic heterocycles. The van der Waals surface area contributed by atoms with Crippen molar-refractivity contribution in [2.24, 2.45) is 11.8 Å². The van der Waals surface area contributed by atoms with Crippen molar-refractivity contribution in [1.82, 2.24) is 5.32 Å². The molecule has 19 heavy (non-hydrogen) atoms. The summed E-state index contributed by atoms with van der Waals surface area (Å²) in [6, 6.07) is 0. The standard InChI is InChI=1S/C15H26INO2/c1-11(16)14(18)19-15(2,12-5-3-4-6-12)13-7-9-17-10-8-13/h11-13,17H,3-10H2,1-2H3. The van der Waals surface area contributed by atoms with Crippen LogP contribution in [-0.2, 0) is 9.53 Å². The maximum Gasteiger partial charge on any atom is 0.319 e. The molecule has 1 N–H and O–H groups in total. The van der Waals surface area contributed by atoms with Crippen molar-refractivity contribution >= 4 is 28.6 Å². The highest BCUT2D eigenvalue weighted by Gasteiger charge is 2.46. The lowest BCUT2D eigenvalue weighted by Crippen LogP contribution is -2.50. The number of hydrogen-bond acceptors (Lipinski definition) is 3. The van der Waals surface area contributed by atoms with Crippen molar-refractivity contribution in [3.63, 3.8) is 0 Å². The molecular formula is C15H26INO2. The van der Waals surface area contributed by atoms with Gasteiger partial charge in [-0.2, -0.15) is 0 Å². The molecule has 0 spiro atoms. The van der Waals surface area contributed by atoms with Crippen LogP contribution in [-0.4, -0.2) is 28.6 Å². The summed E-state index contributed by atoms with van der Waals surface area (Å²) < 4.78 is 5.99. The largest absolute Gasteiger partial charge is 0.458 e. The van der Waals surface area contributed by atoms with Gasteiger partial charge < -0.3 is 10.1 Å². The van der Waals surface area contributed by atoms with E-state index in [9.17, 15) is 4.79 Å². The van der Waals surface area contributed by atoms with E-state index < -0.39 is 0 Å². The minimum Gasteiger partial charge on any atom is -0.458 e. The first-order chi connectivity index (χ1) is 9.04. The molecule has 2 unspecified atom stereocenters. The Morgan fingerprint density at radius 2 is 1.74 bits per heavy atom. The lowest BCUT2D eigenvalue weighted by atomic mass is 9.73. The molecule has 2 rings (SSSR count). The third-order valence-electron chi connectivity index (χ3n) is 4.96.